The Morgan fingerprint density at radius 3 is 2.80 bits per heavy atom. The maximum Gasteiger partial charge on any atom is 0.162 e. The van der Waals surface area contributed by atoms with Gasteiger partial charge in [0.2, 0.25) is 0 Å². The van der Waals surface area contributed by atoms with Crippen molar-refractivity contribution in [2.75, 3.05) is 0 Å². The van der Waals surface area contributed by atoms with Crippen molar-refractivity contribution in [1.29, 1.82) is 0 Å². The normalized spacial score (nSPS) is 23.4. The summed E-state index contributed by atoms with van der Waals surface area (Å²) >= 11 is 6.17. The van der Waals surface area contributed by atoms with E-state index in [1.807, 2.05) is 0 Å². The summed E-state index contributed by atoms with van der Waals surface area (Å²) in [5.41, 5.74) is 1.48. The Balaban J connectivity index is 2.18. The summed E-state index contributed by atoms with van der Waals surface area (Å²) in [5, 5.41) is 0. The van der Waals surface area contributed by atoms with Crippen molar-refractivity contribution in [2.45, 2.75) is 43.6 Å². The fourth-order valence-corrected chi connectivity index (χ4v) is 10.5. The van der Waals surface area contributed by atoms with Crippen molar-refractivity contribution >= 4 is 28.0 Å². The molecule has 0 unspecified atom stereocenters. The van der Waals surface area contributed by atoms with Gasteiger partial charge in [0.05, 0.1) is 0 Å². The van der Waals surface area contributed by atoms with E-state index in [1.165, 1.54) is 30.6 Å². The number of halogens is 1. The van der Waals surface area contributed by atoms with Crippen molar-refractivity contribution < 1.29 is 0 Å². The molecule has 0 aliphatic carbocycles. The molecule has 58 valence electrons. The van der Waals surface area contributed by atoms with Crippen LogP contribution in [0.5, 0.6) is 0 Å². The van der Waals surface area contributed by atoms with E-state index in [1.54, 1.807) is 6.04 Å². The SMILES string of the molecule is CCC[Si]1CCC[Si](Cl)C1. The van der Waals surface area contributed by atoms with Gasteiger partial charge in [0, 0.05) is 8.80 Å². The van der Waals surface area contributed by atoms with E-state index in [0.717, 1.165) is 0 Å². The summed E-state index contributed by atoms with van der Waals surface area (Å²) in [6, 6.07) is 4.45. The highest BCUT2D eigenvalue weighted by Crippen LogP contribution is 2.24. The van der Waals surface area contributed by atoms with Gasteiger partial charge in [-0.2, -0.15) is 11.1 Å². The van der Waals surface area contributed by atoms with Crippen molar-refractivity contribution in [3.8, 4) is 0 Å². The summed E-state index contributed by atoms with van der Waals surface area (Å²) in [6.07, 6.45) is 2.84. The largest absolute Gasteiger partial charge is 0.169 e. The summed E-state index contributed by atoms with van der Waals surface area (Å²) in [4.78, 5) is 0. The first-order chi connectivity index (χ1) is 4.83. The van der Waals surface area contributed by atoms with E-state index >= 15 is 0 Å². The van der Waals surface area contributed by atoms with E-state index in [2.05, 4.69) is 6.92 Å². The number of rotatable bonds is 2. The van der Waals surface area contributed by atoms with Gasteiger partial charge < -0.3 is 0 Å². The minimum atomic E-state index is -0.346. The van der Waals surface area contributed by atoms with Gasteiger partial charge in [-0.05, 0) is 6.04 Å². The minimum Gasteiger partial charge on any atom is -0.169 e. The third kappa shape index (κ3) is 2.76. The second kappa shape index (κ2) is 4.57. The Morgan fingerprint density at radius 2 is 2.20 bits per heavy atom. The molecular weight excluding hydrogens is 176 g/mol. The molecule has 0 aromatic carbocycles. The highest BCUT2D eigenvalue weighted by atomic mass is 35.6. The lowest BCUT2D eigenvalue weighted by Crippen LogP contribution is -2.24. The molecule has 1 heterocycles. The molecule has 2 radical (unpaired) electrons. The smallest absolute Gasteiger partial charge is 0.162 e. The highest BCUT2D eigenvalue weighted by Gasteiger charge is 2.22. The van der Waals surface area contributed by atoms with E-state index in [4.69, 9.17) is 11.1 Å². The predicted octanol–water partition coefficient (Wildman–Crippen LogP) is 3.06. The van der Waals surface area contributed by atoms with Gasteiger partial charge in [-0.3, -0.25) is 0 Å². The Kier molecular flexibility index (Phi) is 4.03. The first-order valence-electron chi connectivity index (χ1n) is 4.16. The van der Waals surface area contributed by atoms with E-state index in [0.29, 0.717) is 0 Å². The summed E-state index contributed by atoms with van der Waals surface area (Å²) in [5.74, 6) is 0. The second-order valence-corrected chi connectivity index (χ2v) is 10.1. The summed E-state index contributed by atoms with van der Waals surface area (Å²) in [6.45, 7) is 2.30. The molecule has 1 fully saturated rings. The lowest BCUT2D eigenvalue weighted by Gasteiger charge is -2.21. The molecular formula is C7H15ClSi2. The van der Waals surface area contributed by atoms with Gasteiger partial charge in [-0.15, -0.1) is 0 Å². The maximum absolute atomic E-state index is 6.17. The fourth-order valence-electron chi connectivity index (χ4n) is 1.55. The van der Waals surface area contributed by atoms with Crippen LogP contribution in [0.3, 0.4) is 0 Å². The van der Waals surface area contributed by atoms with Crippen LogP contribution in [0.2, 0.25) is 23.8 Å². The van der Waals surface area contributed by atoms with Crippen molar-refractivity contribution in [3.63, 3.8) is 0 Å². The van der Waals surface area contributed by atoms with Crippen molar-refractivity contribution in [3.05, 3.63) is 0 Å². The van der Waals surface area contributed by atoms with Gasteiger partial charge in [-0.25, -0.2) is 0 Å². The Bertz CT molecular complexity index is 95.6. The van der Waals surface area contributed by atoms with E-state index < -0.39 is 0 Å². The van der Waals surface area contributed by atoms with Gasteiger partial charge in [0.1, 0.15) is 0 Å². The van der Waals surface area contributed by atoms with Crippen LogP contribution in [-0.4, -0.2) is 16.9 Å². The minimum absolute atomic E-state index is 0.0657. The average Bonchev–Trinajstić information content (AvgIpc) is 1.88. The molecule has 0 aromatic heterocycles. The molecule has 0 aromatic rings. The topological polar surface area (TPSA) is 0 Å². The highest BCUT2D eigenvalue weighted by molar-refractivity contribution is 7.11. The molecule has 1 rings (SSSR count). The van der Waals surface area contributed by atoms with Gasteiger partial charge in [0.15, 0.2) is 8.11 Å². The molecule has 3 heteroatoms. The Morgan fingerprint density at radius 1 is 1.40 bits per heavy atom. The van der Waals surface area contributed by atoms with Crippen LogP contribution in [0, 0.1) is 0 Å². The van der Waals surface area contributed by atoms with Crippen LogP contribution >= 0.6 is 11.1 Å². The Hall–Kier alpha value is 0.724. The standard InChI is InChI=1S/C7H15ClSi2/c1-2-4-9-5-3-6-10(8)7-9/h2-7H2,1H3. The molecule has 0 saturated carbocycles. The lowest BCUT2D eigenvalue weighted by molar-refractivity contribution is 0.977. The quantitative estimate of drug-likeness (QED) is 0.464. The van der Waals surface area contributed by atoms with Crippen LogP contribution in [0.25, 0.3) is 0 Å². The number of hydrogen-bond donors (Lipinski definition) is 0. The first-order valence-corrected chi connectivity index (χ1v) is 9.21. The average molecular weight is 191 g/mol. The first kappa shape index (κ1) is 8.82. The molecule has 0 bridgehead atoms. The molecule has 1 aliphatic rings. The molecule has 10 heavy (non-hydrogen) atoms. The zero-order chi connectivity index (χ0) is 7.40. The van der Waals surface area contributed by atoms with Crippen LogP contribution in [-0.2, 0) is 0 Å². The zero-order valence-corrected chi connectivity index (χ0v) is 9.38. The molecule has 0 N–H and O–H groups in total. The third-order valence-electron chi connectivity index (χ3n) is 2.02. The molecule has 0 spiro atoms. The van der Waals surface area contributed by atoms with Gasteiger partial charge >= 0.3 is 0 Å². The van der Waals surface area contributed by atoms with Crippen LogP contribution in [0.15, 0.2) is 0 Å². The molecule has 0 amide bonds. The van der Waals surface area contributed by atoms with E-state index in [9.17, 15) is 0 Å². The molecule has 1 saturated heterocycles. The summed E-state index contributed by atoms with van der Waals surface area (Å²) < 4.78 is 0. The van der Waals surface area contributed by atoms with Crippen molar-refractivity contribution in [2.24, 2.45) is 0 Å². The van der Waals surface area contributed by atoms with Crippen LogP contribution in [0.4, 0.5) is 0 Å². The lowest BCUT2D eigenvalue weighted by atomic mass is 10.6. The van der Waals surface area contributed by atoms with Crippen LogP contribution in [0.1, 0.15) is 19.8 Å². The van der Waals surface area contributed by atoms with Crippen LogP contribution < -0.4 is 0 Å². The molecule has 0 nitrogen and oxygen atoms in total. The third-order valence-corrected chi connectivity index (χ3v) is 10.5. The molecule has 0 atom stereocenters. The fraction of sp³-hybridized carbons (Fsp3) is 1.00. The monoisotopic (exact) mass is 190 g/mol. The Labute approximate surface area is 71.9 Å². The van der Waals surface area contributed by atoms with Crippen molar-refractivity contribution in [1.82, 2.24) is 0 Å². The predicted molar refractivity (Wildman–Crippen MR) is 51.5 cm³/mol. The van der Waals surface area contributed by atoms with Gasteiger partial charge in [-0.1, -0.05) is 37.5 Å². The second-order valence-electron chi connectivity index (χ2n) is 3.05. The zero-order valence-electron chi connectivity index (χ0n) is 6.62. The maximum atomic E-state index is 6.17. The molecule has 1 aliphatic heterocycles. The number of hydrogen-bond acceptors (Lipinski definition) is 0. The van der Waals surface area contributed by atoms with E-state index in [-0.39, 0.29) is 16.9 Å². The summed E-state index contributed by atoms with van der Waals surface area (Å²) in [7, 11) is -0.280. The van der Waals surface area contributed by atoms with Gasteiger partial charge in [0.25, 0.3) is 0 Å².